The fourth-order valence-electron chi connectivity index (χ4n) is 4.98. The number of alkyl carbamates (subject to hydrolysis) is 1. The highest BCUT2D eigenvalue weighted by molar-refractivity contribution is 5.80. The van der Waals surface area contributed by atoms with Crippen molar-refractivity contribution in [1.82, 2.24) is 10.2 Å². The third-order valence-corrected chi connectivity index (χ3v) is 7.08. The Balaban J connectivity index is 1.21. The van der Waals surface area contributed by atoms with Crippen molar-refractivity contribution in [3.05, 3.63) is 59.7 Å². The molecule has 2 N–H and O–H groups in total. The van der Waals surface area contributed by atoms with Gasteiger partial charge in [-0.05, 0) is 55.4 Å². The number of carboxylic acids is 1. The Morgan fingerprint density at radius 2 is 1.74 bits per heavy atom. The number of hydrogen-bond acceptors (Lipinski definition) is 4. The Hall–Kier alpha value is -3.35. The summed E-state index contributed by atoms with van der Waals surface area (Å²) >= 11 is 0. The summed E-state index contributed by atoms with van der Waals surface area (Å²) in [4.78, 5) is 37.8. The predicted molar refractivity (Wildman–Crippen MR) is 128 cm³/mol. The quantitative estimate of drug-likeness (QED) is 0.603. The lowest BCUT2D eigenvalue weighted by molar-refractivity contribution is -0.147. The minimum atomic E-state index is -0.858. The van der Waals surface area contributed by atoms with Crippen LogP contribution >= 0.6 is 0 Å². The zero-order chi connectivity index (χ0) is 24.3. The van der Waals surface area contributed by atoms with E-state index in [9.17, 15) is 19.5 Å². The summed E-state index contributed by atoms with van der Waals surface area (Å²) in [5.74, 6) is -0.870. The zero-order valence-electron chi connectivity index (χ0n) is 19.8. The number of rotatable bonds is 8. The van der Waals surface area contributed by atoms with Crippen LogP contribution in [0, 0.1) is 5.41 Å². The number of fused-ring (bicyclic) bond motifs is 3. The molecule has 0 radical (unpaired) electrons. The monoisotopic (exact) mass is 464 g/mol. The lowest BCUT2D eigenvalue weighted by Crippen LogP contribution is -2.35. The van der Waals surface area contributed by atoms with E-state index in [1.54, 1.807) is 11.8 Å². The first-order valence-electron chi connectivity index (χ1n) is 11.9. The van der Waals surface area contributed by atoms with E-state index in [2.05, 4.69) is 29.6 Å². The summed E-state index contributed by atoms with van der Waals surface area (Å²) in [6.45, 7) is 4.58. The molecular weight excluding hydrogens is 432 g/mol. The van der Waals surface area contributed by atoms with Crippen LogP contribution in [0.3, 0.4) is 0 Å². The van der Waals surface area contributed by atoms with Crippen LogP contribution in [0.5, 0.6) is 0 Å². The van der Waals surface area contributed by atoms with Crippen LogP contribution in [0.1, 0.15) is 56.6 Å². The van der Waals surface area contributed by atoms with Gasteiger partial charge in [-0.3, -0.25) is 9.59 Å². The van der Waals surface area contributed by atoms with Gasteiger partial charge in [0.1, 0.15) is 6.61 Å². The van der Waals surface area contributed by atoms with Crippen molar-refractivity contribution in [2.24, 2.45) is 5.41 Å². The van der Waals surface area contributed by atoms with Crippen LogP contribution in [-0.2, 0) is 14.3 Å². The van der Waals surface area contributed by atoms with Gasteiger partial charge in [-0.25, -0.2) is 4.79 Å². The first kappa shape index (κ1) is 23.8. The second-order valence-corrected chi connectivity index (χ2v) is 9.69. The highest BCUT2D eigenvalue weighted by Gasteiger charge is 2.41. The fraction of sp³-hybridized carbons (Fsp3) is 0.444. The predicted octanol–water partition coefficient (Wildman–Crippen LogP) is 4.41. The summed E-state index contributed by atoms with van der Waals surface area (Å²) in [6.07, 6.45) is 1.61. The maximum Gasteiger partial charge on any atom is 0.407 e. The summed E-state index contributed by atoms with van der Waals surface area (Å²) in [7, 11) is 0. The molecule has 0 bridgehead atoms. The number of carbonyl (C=O) groups excluding carboxylic acids is 2. The molecule has 1 heterocycles. The van der Waals surface area contributed by atoms with Crippen LogP contribution in [0.25, 0.3) is 11.1 Å². The van der Waals surface area contributed by atoms with Gasteiger partial charge in [-0.15, -0.1) is 0 Å². The summed E-state index contributed by atoms with van der Waals surface area (Å²) in [5, 5.41) is 12.2. The zero-order valence-corrected chi connectivity index (χ0v) is 19.8. The summed E-state index contributed by atoms with van der Waals surface area (Å²) in [6, 6.07) is 16.3. The molecule has 0 aromatic heterocycles. The molecule has 7 heteroatoms. The second-order valence-electron chi connectivity index (χ2n) is 9.69. The van der Waals surface area contributed by atoms with E-state index in [4.69, 9.17) is 4.74 Å². The number of carboxylic acid groups (broad SMARTS) is 1. The van der Waals surface area contributed by atoms with E-state index in [1.807, 2.05) is 31.2 Å². The first-order valence-corrected chi connectivity index (χ1v) is 11.9. The van der Waals surface area contributed by atoms with Crippen molar-refractivity contribution in [2.45, 2.75) is 51.5 Å². The van der Waals surface area contributed by atoms with E-state index in [1.165, 1.54) is 22.3 Å². The minimum Gasteiger partial charge on any atom is -0.481 e. The Morgan fingerprint density at radius 1 is 1.12 bits per heavy atom. The normalized spacial score (nSPS) is 19.9. The smallest absolute Gasteiger partial charge is 0.407 e. The maximum atomic E-state index is 12.4. The van der Waals surface area contributed by atoms with Crippen LogP contribution in [-0.4, -0.2) is 53.7 Å². The highest BCUT2D eigenvalue weighted by Crippen LogP contribution is 2.44. The van der Waals surface area contributed by atoms with Gasteiger partial charge in [0, 0.05) is 31.5 Å². The average molecular weight is 465 g/mol. The van der Waals surface area contributed by atoms with Crippen molar-refractivity contribution < 1.29 is 24.2 Å². The third kappa shape index (κ3) is 4.93. The number of aliphatic carboxylic acids is 1. The molecule has 34 heavy (non-hydrogen) atoms. The van der Waals surface area contributed by atoms with E-state index in [0.717, 1.165) is 0 Å². The molecule has 2 aromatic rings. The Bertz CT molecular complexity index is 1040. The second kappa shape index (κ2) is 9.87. The topological polar surface area (TPSA) is 95.9 Å². The molecule has 1 saturated heterocycles. The molecule has 2 atom stereocenters. The molecule has 2 unspecified atom stereocenters. The van der Waals surface area contributed by atoms with Crippen LogP contribution in [0.4, 0.5) is 4.79 Å². The molecule has 0 saturated carbocycles. The van der Waals surface area contributed by atoms with Crippen molar-refractivity contribution in [3.63, 3.8) is 0 Å². The lowest BCUT2D eigenvalue weighted by Gasteiger charge is -2.20. The van der Waals surface area contributed by atoms with Crippen molar-refractivity contribution >= 4 is 18.0 Å². The number of benzene rings is 2. The third-order valence-electron chi connectivity index (χ3n) is 7.08. The van der Waals surface area contributed by atoms with Crippen LogP contribution < -0.4 is 5.32 Å². The number of amides is 2. The van der Waals surface area contributed by atoms with E-state index >= 15 is 0 Å². The SMILES string of the molecule is CC(CCCC(=O)N1CCC(C)(C(=O)O)C1)NC(=O)OCC1c2ccccc2-c2ccccc21. The molecule has 0 spiro atoms. The molecular formula is C27H32N2O5. The van der Waals surface area contributed by atoms with E-state index in [0.29, 0.717) is 32.2 Å². The number of hydrogen-bond donors (Lipinski definition) is 2. The number of likely N-dealkylation sites (tertiary alicyclic amines) is 1. The summed E-state index contributed by atoms with van der Waals surface area (Å²) < 4.78 is 5.58. The van der Waals surface area contributed by atoms with Gasteiger partial charge in [-0.2, -0.15) is 0 Å². The molecule has 180 valence electrons. The molecule has 1 aliphatic carbocycles. The van der Waals surface area contributed by atoms with E-state index < -0.39 is 17.5 Å². The Labute approximate surface area is 200 Å². The van der Waals surface area contributed by atoms with Gasteiger partial charge in [0.2, 0.25) is 5.91 Å². The average Bonchev–Trinajstić information content (AvgIpc) is 3.37. The van der Waals surface area contributed by atoms with Crippen molar-refractivity contribution in [3.8, 4) is 11.1 Å². The molecule has 7 nitrogen and oxygen atoms in total. The maximum absolute atomic E-state index is 12.4. The Morgan fingerprint density at radius 3 is 2.32 bits per heavy atom. The molecule has 2 aromatic carbocycles. The molecule has 2 aliphatic rings. The van der Waals surface area contributed by atoms with Gasteiger partial charge in [-0.1, -0.05) is 48.5 Å². The molecule has 4 rings (SSSR count). The molecule has 2 amide bonds. The van der Waals surface area contributed by atoms with Crippen molar-refractivity contribution in [2.75, 3.05) is 19.7 Å². The van der Waals surface area contributed by atoms with Gasteiger partial charge in [0.05, 0.1) is 5.41 Å². The van der Waals surface area contributed by atoms with E-state index in [-0.39, 0.29) is 31.0 Å². The number of carbonyl (C=O) groups is 3. The fourth-order valence-corrected chi connectivity index (χ4v) is 4.98. The number of nitrogens with one attached hydrogen (secondary N) is 1. The standard InChI is InChI=1S/C27H32N2O5/c1-18(8-7-13-24(30)29-15-14-27(2,17-29)25(31)32)28-26(33)34-16-23-21-11-5-3-9-19(21)20-10-4-6-12-22(20)23/h3-6,9-12,18,23H,7-8,13-17H2,1-2H3,(H,28,33)(H,31,32). The molecule has 1 fully saturated rings. The molecule has 1 aliphatic heterocycles. The Kier molecular flexibility index (Phi) is 6.91. The highest BCUT2D eigenvalue weighted by atomic mass is 16.5. The van der Waals surface area contributed by atoms with Gasteiger partial charge in [0.25, 0.3) is 0 Å². The number of nitrogens with zero attached hydrogens (tertiary/aromatic N) is 1. The largest absolute Gasteiger partial charge is 0.481 e. The van der Waals surface area contributed by atoms with Gasteiger partial charge >= 0.3 is 12.1 Å². The van der Waals surface area contributed by atoms with Gasteiger partial charge < -0.3 is 20.1 Å². The van der Waals surface area contributed by atoms with Gasteiger partial charge in [0.15, 0.2) is 0 Å². The number of ether oxygens (including phenoxy) is 1. The van der Waals surface area contributed by atoms with Crippen LogP contribution in [0.15, 0.2) is 48.5 Å². The first-order chi connectivity index (χ1) is 16.3. The lowest BCUT2D eigenvalue weighted by atomic mass is 9.90. The summed E-state index contributed by atoms with van der Waals surface area (Å²) in [5.41, 5.74) is 3.86. The minimum absolute atomic E-state index is 0.0167. The van der Waals surface area contributed by atoms with Crippen LogP contribution in [0.2, 0.25) is 0 Å². The van der Waals surface area contributed by atoms with Crippen molar-refractivity contribution in [1.29, 1.82) is 0 Å².